The smallest absolute Gasteiger partial charge is 0.382 e. The first kappa shape index (κ1) is 29.6. The van der Waals surface area contributed by atoms with Crippen molar-refractivity contribution in [3.05, 3.63) is 18.6 Å². The first-order valence-electron chi connectivity index (χ1n) is 11.4. The van der Waals surface area contributed by atoms with E-state index in [2.05, 4.69) is 15.3 Å². The second-order valence-corrected chi connectivity index (χ2v) is 7.89. The highest BCUT2D eigenvalue weighted by Crippen LogP contribution is 2.24. The van der Waals surface area contributed by atoms with Gasteiger partial charge in [-0.25, -0.2) is 13.8 Å². The molecule has 0 unspecified atom stereocenters. The number of amides is 2. The van der Waals surface area contributed by atoms with Crippen molar-refractivity contribution in [2.45, 2.75) is 64.6 Å². The number of aromatic nitrogens is 4. The zero-order chi connectivity index (χ0) is 27.6. The van der Waals surface area contributed by atoms with E-state index in [9.17, 15) is 35.9 Å². The fourth-order valence-electron chi connectivity index (χ4n) is 3.07. The molecule has 0 aliphatic rings. The molecule has 0 radical (unpaired) electrons. The third-order valence-electron chi connectivity index (χ3n) is 5.01. The van der Waals surface area contributed by atoms with Gasteiger partial charge in [-0.2, -0.15) is 31.4 Å². The Hall–Kier alpha value is -3.66. The van der Waals surface area contributed by atoms with Gasteiger partial charge in [-0.05, 0) is 19.3 Å². The summed E-state index contributed by atoms with van der Waals surface area (Å²) in [4.78, 5) is 21.9. The van der Waals surface area contributed by atoms with Crippen LogP contribution in [0.25, 0.3) is 0 Å². The number of azo groups is 1. The fourth-order valence-corrected chi connectivity index (χ4v) is 3.07. The van der Waals surface area contributed by atoms with Crippen LogP contribution in [0.15, 0.2) is 28.8 Å². The highest BCUT2D eigenvalue weighted by Gasteiger charge is 2.38. The standard InChI is InChI=1S/C20H27F6N9O2/c1-2-3-10-35-15(27)14(13-30-35)31-32-18-33(8-4-6-28-16(36)19(21,22)23)11-12-34(18)9-5-7-29-17(37)20(24,25)26/h11-13,27H,2-10H2,1H3,(H2,28,29,36,37)/p+1. The predicted molar refractivity (Wildman–Crippen MR) is 118 cm³/mol. The molecule has 2 aromatic heterocycles. The number of nitrogen functional groups attached to an aromatic ring is 1. The Balaban J connectivity index is 2.11. The van der Waals surface area contributed by atoms with Crippen molar-refractivity contribution in [1.29, 1.82) is 0 Å². The number of alkyl halides is 6. The maximum atomic E-state index is 12.3. The summed E-state index contributed by atoms with van der Waals surface area (Å²) in [6, 6.07) is 0. The average molecular weight is 540 g/mol. The third-order valence-corrected chi connectivity index (χ3v) is 5.01. The number of carbonyl (C=O) groups excluding carboxylic acids is 2. The van der Waals surface area contributed by atoms with Crippen LogP contribution < -0.4 is 20.9 Å². The van der Waals surface area contributed by atoms with Gasteiger partial charge in [-0.1, -0.05) is 18.5 Å². The Labute approximate surface area is 207 Å². The second-order valence-electron chi connectivity index (χ2n) is 7.89. The van der Waals surface area contributed by atoms with E-state index in [1.807, 2.05) is 6.92 Å². The average Bonchev–Trinajstić information content (AvgIpc) is 3.37. The summed E-state index contributed by atoms with van der Waals surface area (Å²) < 4.78 is 78.7. The summed E-state index contributed by atoms with van der Waals surface area (Å²) in [5, 5.41) is 16.0. The van der Waals surface area contributed by atoms with Gasteiger partial charge in [-0.15, -0.1) is 0 Å². The monoisotopic (exact) mass is 540 g/mol. The Morgan fingerprint density at radius 2 is 1.62 bits per heavy atom. The van der Waals surface area contributed by atoms with Crippen LogP contribution in [-0.4, -0.2) is 51.6 Å². The van der Waals surface area contributed by atoms with Crippen molar-refractivity contribution in [1.82, 2.24) is 25.0 Å². The Kier molecular flexibility index (Phi) is 10.4. The lowest BCUT2D eigenvalue weighted by Crippen LogP contribution is -2.39. The zero-order valence-electron chi connectivity index (χ0n) is 19.9. The molecule has 0 aliphatic heterocycles. The van der Waals surface area contributed by atoms with E-state index >= 15 is 0 Å². The van der Waals surface area contributed by atoms with Gasteiger partial charge in [0.15, 0.2) is 11.5 Å². The number of aryl methyl sites for hydroxylation is 3. The molecule has 2 amide bonds. The van der Waals surface area contributed by atoms with E-state index in [1.54, 1.807) is 36.8 Å². The minimum atomic E-state index is -4.99. The predicted octanol–water partition coefficient (Wildman–Crippen LogP) is 2.91. The Morgan fingerprint density at radius 3 is 2.22 bits per heavy atom. The summed E-state index contributed by atoms with van der Waals surface area (Å²) in [5.41, 5.74) is 6.33. The Bertz CT molecular complexity index is 1020. The number of nitrogens with zero attached hydrogens (tertiary/aromatic N) is 6. The summed E-state index contributed by atoms with van der Waals surface area (Å²) in [5.74, 6) is -3.59. The van der Waals surface area contributed by atoms with Gasteiger partial charge in [0.05, 0.1) is 31.7 Å². The number of unbranched alkanes of at least 4 members (excludes halogenated alkanes) is 1. The molecule has 206 valence electrons. The summed E-state index contributed by atoms with van der Waals surface area (Å²) >= 11 is 0. The molecule has 0 aliphatic carbocycles. The van der Waals surface area contributed by atoms with Gasteiger partial charge < -0.3 is 16.4 Å². The maximum Gasteiger partial charge on any atom is 0.471 e. The molecule has 17 heteroatoms. The number of hydrogen-bond donors (Lipinski definition) is 3. The minimum Gasteiger partial charge on any atom is -0.382 e. The van der Waals surface area contributed by atoms with E-state index in [0.717, 1.165) is 12.8 Å². The zero-order valence-corrected chi connectivity index (χ0v) is 19.9. The first-order valence-corrected chi connectivity index (χ1v) is 11.4. The number of nitrogens with one attached hydrogen (secondary N) is 2. The van der Waals surface area contributed by atoms with E-state index in [1.165, 1.54) is 6.20 Å². The molecule has 2 aromatic rings. The number of carbonyl (C=O) groups is 2. The molecule has 0 saturated carbocycles. The SMILES string of the molecule is CCCCn1ncc(N=Nc2n(CCCNC(=O)C(F)(F)F)cc[n+]2CCCNC(=O)C(F)(F)F)c1N. The number of hydrogen-bond acceptors (Lipinski definition) is 6. The van der Waals surface area contributed by atoms with Crippen LogP contribution in [-0.2, 0) is 29.2 Å². The highest BCUT2D eigenvalue weighted by molar-refractivity contribution is 5.81. The van der Waals surface area contributed by atoms with Crippen molar-refractivity contribution in [3.63, 3.8) is 0 Å². The largest absolute Gasteiger partial charge is 0.471 e. The van der Waals surface area contributed by atoms with Crippen molar-refractivity contribution in [2.24, 2.45) is 10.2 Å². The van der Waals surface area contributed by atoms with Gasteiger partial charge in [0.25, 0.3) is 0 Å². The lowest BCUT2D eigenvalue weighted by atomic mass is 10.3. The molecule has 0 spiro atoms. The normalized spacial score (nSPS) is 12.3. The first-order chi connectivity index (χ1) is 17.3. The molecule has 0 fully saturated rings. The fraction of sp³-hybridized carbons (Fsp3) is 0.600. The maximum absolute atomic E-state index is 12.3. The van der Waals surface area contributed by atoms with E-state index < -0.39 is 24.2 Å². The number of rotatable bonds is 13. The molecular formula is C20H28F6N9O2+. The van der Waals surface area contributed by atoms with Crippen LogP contribution in [0.2, 0.25) is 0 Å². The van der Waals surface area contributed by atoms with E-state index in [4.69, 9.17) is 5.73 Å². The van der Waals surface area contributed by atoms with Crippen LogP contribution in [0.4, 0.5) is 43.8 Å². The van der Waals surface area contributed by atoms with Crippen LogP contribution >= 0.6 is 0 Å². The van der Waals surface area contributed by atoms with Crippen LogP contribution in [0, 0.1) is 0 Å². The molecule has 0 saturated heterocycles. The minimum absolute atomic E-state index is 0.123. The third kappa shape index (κ3) is 9.05. The topological polar surface area (TPSA) is 136 Å². The van der Waals surface area contributed by atoms with Gasteiger partial charge in [-0.3, -0.25) is 9.59 Å². The van der Waals surface area contributed by atoms with E-state index in [0.29, 0.717) is 6.54 Å². The van der Waals surface area contributed by atoms with Crippen molar-refractivity contribution >= 4 is 29.3 Å². The van der Waals surface area contributed by atoms with Gasteiger partial charge >= 0.3 is 30.1 Å². The van der Waals surface area contributed by atoms with E-state index in [-0.39, 0.29) is 56.5 Å². The molecular weight excluding hydrogens is 512 g/mol. The molecule has 0 aromatic carbocycles. The molecule has 2 heterocycles. The van der Waals surface area contributed by atoms with Crippen LogP contribution in [0.1, 0.15) is 32.6 Å². The van der Waals surface area contributed by atoms with Crippen molar-refractivity contribution in [2.75, 3.05) is 18.8 Å². The van der Waals surface area contributed by atoms with Crippen molar-refractivity contribution in [3.8, 4) is 0 Å². The molecule has 0 bridgehead atoms. The quantitative estimate of drug-likeness (QED) is 0.156. The number of imidazole rings is 1. The van der Waals surface area contributed by atoms with Crippen molar-refractivity contribution < 1.29 is 40.5 Å². The highest BCUT2D eigenvalue weighted by atomic mass is 19.4. The van der Waals surface area contributed by atoms with Gasteiger partial charge in [0.1, 0.15) is 0 Å². The number of nitrogens with two attached hydrogens (primary N) is 1. The molecule has 37 heavy (non-hydrogen) atoms. The molecule has 4 N–H and O–H groups in total. The number of anilines is 1. The van der Waals surface area contributed by atoms with Crippen LogP contribution in [0.3, 0.4) is 0 Å². The number of halogens is 6. The van der Waals surface area contributed by atoms with Crippen LogP contribution in [0.5, 0.6) is 0 Å². The van der Waals surface area contributed by atoms with Gasteiger partial charge in [0.2, 0.25) is 0 Å². The Morgan fingerprint density at radius 1 is 1.00 bits per heavy atom. The molecule has 2 rings (SSSR count). The lowest BCUT2D eigenvalue weighted by Gasteiger charge is -2.07. The molecule has 0 atom stereocenters. The lowest BCUT2D eigenvalue weighted by molar-refractivity contribution is -0.683. The second kappa shape index (κ2) is 13.0. The summed E-state index contributed by atoms with van der Waals surface area (Å²) in [6.07, 6.45) is -3.42. The summed E-state index contributed by atoms with van der Waals surface area (Å²) in [7, 11) is 0. The summed E-state index contributed by atoms with van der Waals surface area (Å²) in [6.45, 7) is 2.38. The molecule has 11 nitrogen and oxygen atoms in total. The van der Waals surface area contributed by atoms with Gasteiger partial charge in [0, 0.05) is 24.7 Å².